The lowest BCUT2D eigenvalue weighted by atomic mass is 10.2. The summed E-state index contributed by atoms with van der Waals surface area (Å²) in [5.41, 5.74) is 8.76. The highest BCUT2D eigenvalue weighted by Gasteiger charge is 2.14. The minimum atomic E-state index is -0.371. The maximum Gasteiger partial charge on any atom is 0.271 e. The zero-order chi connectivity index (χ0) is 19.8. The molecule has 8 nitrogen and oxygen atoms in total. The average molecular weight is 386 g/mol. The minimum absolute atomic E-state index is 0.138. The van der Waals surface area contributed by atoms with Gasteiger partial charge >= 0.3 is 0 Å². The highest BCUT2D eigenvalue weighted by molar-refractivity contribution is 5.56. The molecule has 0 radical (unpaired) electrons. The zero-order valence-electron chi connectivity index (χ0n) is 15.8. The van der Waals surface area contributed by atoms with Crippen molar-refractivity contribution in [2.45, 2.75) is 0 Å². The van der Waals surface area contributed by atoms with Crippen LogP contribution >= 0.6 is 0 Å². The van der Waals surface area contributed by atoms with Crippen molar-refractivity contribution in [1.82, 2.24) is 0 Å². The van der Waals surface area contributed by atoms with E-state index in [0.29, 0.717) is 13.2 Å². The number of rotatable bonds is 3. The fourth-order valence-electron chi connectivity index (χ4n) is 3.17. The van der Waals surface area contributed by atoms with E-state index in [4.69, 9.17) is 15.2 Å². The third-order valence-corrected chi connectivity index (χ3v) is 4.66. The number of nitro groups is 1. The van der Waals surface area contributed by atoms with Crippen LogP contribution in [0.5, 0.6) is 0 Å². The van der Waals surface area contributed by atoms with Crippen LogP contribution in [0, 0.1) is 10.1 Å². The number of benzene rings is 2. The van der Waals surface area contributed by atoms with Gasteiger partial charge in [0.25, 0.3) is 5.69 Å². The first-order valence-corrected chi connectivity index (χ1v) is 9.39. The molecule has 2 saturated heterocycles. The van der Waals surface area contributed by atoms with Gasteiger partial charge in [0.2, 0.25) is 0 Å². The van der Waals surface area contributed by atoms with Gasteiger partial charge in [-0.2, -0.15) is 0 Å². The summed E-state index contributed by atoms with van der Waals surface area (Å²) in [5.74, 6) is 0. The predicted molar refractivity (Wildman–Crippen MR) is 110 cm³/mol. The molecule has 0 bridgehead atoms. The molecule has 2 aliphatic heterocycles. The largest absolute Gasteiger partial charge is 0.399 e. The lowest BCUT2D eigenvalue weighted by molar-refractivity contribution is -0.384. The number of nitrogen functional groups attached to an aromatic ring is 1. The summed E-state index contributed by atoms with van der Waals surface area (Å²) in [6.45, 7) is 6.50. The van der Waals surface area contributed by atoms with E-state index in [1.54, 1.807) is 12.1 Å². The molecule has 2 aromatic carbocycles. The van der Waals surface area contributed by atoms with Crippen molar-refractivity contribution in [3.8, 4) is 0 Å². The van der Waals surface area contributed by atoms with Crippen LogP contribution < -0.4 is 15.5 Å². The van der Waals surface area contributed by atoms with E-state index in [9.17, 15) is 10.1 Å². The highest BCUT2D eigenvalue weighted by Crippen LogP contribution is 2.21. The van der Waals surface area contributed by atoms with Crippen LogP contribution in [0.15, 0.2) is 48.5 Å². The fourth-order valence-corrected chi connectivity index (χ4v) is 3.17. The Hall–Kier alpha value is -2.84. The van der Waals surface area contributed by atoms with Gasteiger partial charge in [0.15, 0.2) is 0 Å². The molecule has 2 fully saturated rings. The molecule has 0 spiro atoms. The van der Waals surface area contributed by atoms with Gasteiger partial charge in [-0.25, -0.2) is 0 Å². The average Bonchev–Trinajstić information content (AvgIpc) is 2.75. The summed E-state index contributed by atoms with van der Waals surface area (Å²) in [5, 5.41) is 10.6. The molecule has 2 N–H and O–H groups in total. The van der Waals surface area contributed by atoms with Crippen molar-refractivity contribution in [3.63, 3.8) is 0 Å². The van der Waals surface area contributed by atoms with E-state index in [-0.39, 0.29) is 10.6 Å². The van der Waals surface area contributed by atoms with Gasteiger partial charge in [-0.1, -0.05) is 12.1 Å². The Balaban J connectivity index is 0.000000162. The predicted octanol–water partition coefficient (Wildman–Crippen LogP) is 2.54. The number of nitrogens with two attached hydrogens (primary N) is 1. The quantitative estimate of drug-likeness (QED) is 0.492. The molecule has 2 aliphatic rings. The third-order valence-electron chi connectivity index (χ3n) is 4.66. The Morgan fingerprint density at radius 2 is 1.32 bits per heavy atom. The Morgan fingerprint density at radius 3 is 1.82 bits per heavy atom. The molecule has 0 unspecified atom stereocenters. The van der Waals surface area contributed by atoms with Crippen LogP contribution in [0.4, 0.5) is 22.7 Å². The van der Waals surface area contributed by atoms with Gasteiger partial charge < -0.3 is 25.0 Å². The van der Waals surface area contributed by atoms with E-state index in [1.165, 1.54) is 11.8 Å². The lowest BCUT2D eigenvalue weighted by Gasteiger charge is -2.28. The number of anilines is 3. The molecule has 0 saturated carbocycles. The molecule has 0 aromatic heterocycles. The van der Waals surface area contributed by atoms with Crippen LogP contribution in [-0.2, 0) is 9.47 Å². The molecule has 150 valence electrons. The number of nitro benzene ring substituents is 1. The Labute approximate surface area is 164 Å². The van der Waals surface area contributed by atoms with Gasteiger partial charge in [-0.15, -0.1) is 0 Å². The van der Waals surface area contributed by atoms with Crippen molar-refractivity contribution in [3.05, 3.63) is 58.6 Å². The molecular formula is C20H26N4O4. The van der Waals surface area contributed by atoms with Gasteiger partial charge in [0.1, 0.15) is 0 Å². The summed E-state index contributed by atoms with van der Waals surface area (Å²) in [7, 11) is 0. The van der Waals surface area contributed by atoms with Crippen LogP contribution in [0.1, 0.15) is 0 Å². The third kappa shape index (κ3) is 5.58. The van der Waals surface area contributed by atoms with Gasteiger partial charge in [-0.3, -0.25) is 10.1 Å². The number of morpholine rings is 2. The van der Waals surface area contributed by atoms with E-state index in [1.807, 2.05) is 24.3 Å². The smallest absolute Gasteiger partial charge is 0.271 e. The number of ether oxygens (including phenoxy) is 2. The first-order chi connectivity index (χ1) is 13.6. The second kappa shape index (κ2) is 9.91. The van der Waals surface area contributed by atoms with E-state index in [2.05, 4.69) is 15.9 Å². The topological polar surface area (TPSA) is 94.1 Å². The second-order valence-electron chi connectivity index (χ2n) is 6.57. The summed E-state index contributed by atoms with van der Waals surface area (Å²) >= 11 is 0. The number of non-ortho nitro benzene ring substituents is 1. The molecule has 0 atom stereocenters. The number of hydrogen-bond donors (Lipinski definition) is 1. The maximum atomic E-state index is 10.6. The van der Waals surface area contributed by atoms with Crippen LogP contribution in [0.25, 0.3) is 0 Å². The van der Waals surface area contributed by atoms with Gasteiger partial charge in [0, 0.05) is 55.4 Å². The lowest BCUT2D eigenvalue weighted by Crippen LogP contribution is -2.36. The highest BCUT2D eigenvalue weighted by atomic mass is 16.6. The molecule has 4 rings (SSSR count). The normalized spacial score (nSPS) is 16.9. The molecule has 2 heterocycles. The van der Waals surface area contributed by atoms with Crippen molar-refractivity contribution >= 4 is 22.7 Å². The number of nitrogens with zero attached hydrogens (tertiary/aromatic N) is 3. The van der Waals surface area contributed by atoms with Crippen molar-refractivity contribution in [2.24, 2.45) is 0 Å². The molecule has 28 heavy (non-hydrogen) atoms. The van der Waals surface area contributed by atoms with Crippen molar-refractivity contribution in [2.75, 3.05) is 68.1 Å². The summed E-state index contributed by atoms with van der Waals surface area (Å²) in [4.78, 5) is 14.6. The van der Waals surface area contributed by atoms with Gasteiger partial charge in [0.05, 0.1) is 31.4 Å². The van der Waals surface area contributed by atoms with Gasteiger partial charge in [-0.05, 0) is 24.3 Å². The minimum Gasteiger partial charge on any atom is -0.399 e. The van der Waals surface area contributed by atoms with E-state index < -0.39 is 0 Å². The van der Waals surface area contributed by atoms with E-state index >= 15 is 0 Å². The fraction of sp³-hybridized carbons (Fsp3) is 0.400. The first kappa shape index (κ1) is 19.9. The zero-order valence-corrected chi connectivity index (χ0v) is 15.8. The van der Waals surface area contributed by atoms with Crippen LogP contribution in [0.2, 0.25) is 0 Å². The Kier molecular flexibility index (Phi) is 7.05. The second-order valence-corrected chi connectivity index (χ2v) is 6.57. The number of hydrogen-bond acceptors (Lipinski definition) is 7. The summed E-state index contributed by atoms with van der Waals surface area (Å²) in [6, 6.07) is 14.7. The molecule has 0 amide bonds. The van der Waals surface area contributed by atoms with Crippen LogP contribution in [-0.4, -0.2) is 57.5 Å². The van der Waals surface area contributed by atoms with Crippen molar-refractivity contribution < 1.29 is 14.4 Å². The Morgan fingerprint density at radius 1 is 0.821 bits per heavy atom. The Bertz CT molecular complexity index is 774. The molecule has 8 heteroatoms. The van der Waals surface area contributed by atoms with E-state index in [0.717, 1.165) is 50.8 Å². The first-order valence-electron chi connectivity index (χ1n) is 9.39. The SMILES string of the molecule is Nc1cccc(N2CCOCC2)c1.O=[N+]([O-])c1cccc(N2CCOCC2)c1. The molecular weight excluding hydrogens is 360 g/mol. The molecule has 2 aromatic rings. The molecule has 0 aliphatic carbocycles. The van der Waals surface area contributed by atoms with Crippen molar-refractivity contribution in [1.29, 1.82) is 0 Å². The van der Waals surface area contributed by atoms with Crippen LogP contribution in [0.3, 0.4) is 0 Å². The standard InChI is InChI=1S/C10H12N2O3.C10H14N2O/c13-12(14)10-3-1-2-9(8-10)11-4-6-15-7-5-11;11-9-2-1-3-10(8-9)12-4-6-13-7-5-12/h1-3,8H,4-7H2;1-3,8H,4-7,11H2. The maximum absolute atomic E-state index is 10.6. The summed E-state index contributed by atoms with van der Waals surface area (Å²) in [6.07, 6.45) is 0. The monoisotopic (exact) mass is 386 g/mol. The summed E-state index contributed by atoms with van der Waals surface area (Å²) < 4.78 is 10.5.